The van der Waals surface area contributed by atoms with Gasteiger partial charge < -0.3 is 4.74 Å². The van der Waals surface area contributed by atoms with Crippen molar-refractivity contribution in [1.82, 2.24) is 4.98 Å². The van der Waals surface area contributed by atoms with Gasteiger partial charge in [-0.25, -0.2) is 4.98 Å². The number of anilines is 1. The Hall–Kier alpha value is -3.59. The van der Waals surface area contributed by atoms with Crippen LogP contribution in [0.5, 0.6) is 5.88 Å². The monoisotopic (exact) mass is 359 g/mol. The molecule has 0 atom stereocenters. The summed E-state index contributed by atoms with van der Waals surface area (Å²) in [7, 11) is 0. The molecule has 26 heavy (non-hydrogen) atoms. The summed E-state index contributed by atoms with van der Waals surface area (Å²) in [6.07, 6.45) is -2.51. The van der Waals surface area contributed by atoms with Crippen molar-refractivity contribution in [3.63, 3.8) is 0 Å². The number of hydrazone groups is 1. The van der Waals surface area contributed by atoms with Gasteiger partial charge in [-0.15, -0.1) is 0 Å². The molecule has 1 aromatic heterocycles. The van der Waals surface area contributed by atoms with Gasteiger partial charge in [-0.3, -0.25) is 5.43 Å². The second-order valence-electron chi connectivity index (χ2n) is 4.97. The highest BCUT2D eigenvalue weighted by atomic mass is 19.4. The van der Waals surface area contributed by atoms with Gasteiger partial charge >= 0.3 is 6.18 Å². The smallest absolute Gasteiger partial charge is 0.416 e. The number of pyridine rings is 1. The number of ether oxygens (including phenoxy) is 1. The number of aromatic nitrogens is 1. The number of rotatable bonds is 6. The minimum absolute atomic E-state index is 0.246. The van der Waals surface area contributed by atoms with E-state index in [1.165, 1.54) is 18.3 Å². The SMILES string of the molecule is N#CC(C#N)=NNc1ccc(OCCc2ccc(C(F)(F)F)cc2)nc1. The summed E-state index contributed by atoms with van der Waals surface area (Å²) in [6, 6.07) is 11.3. The van der Waals surface area contributed by atoms with Gasteiger partial charge in [0.1, 0.15) is 12.1 Å². The molecular formula is C17H12F3N5O. The Morgan fingerprint density at radius 2 is 1.81 bits per heavy atom. The third-order valence-corrected chi connectivity index (χ3v) is 3.17. The zero-order chi connectivity index (χ0) is 19.0. The Labute approximate surface area is 147 Å². The van der Waals surface area contributed by atoms with Crippen LogP contribution < -0.4 is 10.2 Å². The molecule has 0 bridgehead atoms. The van der Waals surface area contributed by atoms with E-state index in [4.69, 9.17) is 15.3 Å². The van der Waals surface area contributed by atoms with Crippen LogP contribution in [-0.2, 0) is 12.6 Å². The number of nitrogens with zero attached hydrogens (tertiary/aromatic N) is 4. The highest BCUT2D eigenvalue weighted by molar-refractivity contribution is 6.10. The maximum absolute atomic E-state index is 12.5. The average Bonchev–Trinajstić information content (AvgIpc) is 2.63. The molecule has 9 heteroatoms. The van der Waals surface area contributed by atoms with Crippen LogP contribution in [-0.4, -0.2) is 17.3 Å². The highest BCUT2D eigenvalue weighted by Gasteiger charge is 2.29. The molecule has 0 aliphatic carbocycles. The highest BCUT2D eigenvalue weighted by Crippen LogP contribution is 2.29. The van der Waals surface area contributed by atoms with E-state index < -0.39 is 11.7 Å². The molecule has 0 unspecified atom stereocenters. The normalized spacial score (nSPS) is 10.3. The molecule has 1 aromatic carbocycles. The summed E-state index contributed by atoms with van der Waals surface area (Å²) in [5, 5.41) is 20.7. The van der Waals surface area contributed by atoms with E-state index in [-0.39, 0.29) is 12.3 Å². The van der Waals surface area contributed by atoms with Crippen LogP contribution in [0.1, 0.15) is 11.1 Å². The lowest BCUT2D eigenvalue weighted by atomic mass is 10.1. The summed E-state index contributed by atoms with van der Waals surface area (Å²) in [4.78, 5) is 4.02. The van der Waals surface area contributed by atoms with Gasteiger partial charge in [-0.05, 0) is 23.8 Å². The molecule has 0 saturated carbocycles. The zero-order valence-electron chi connectivity index (χ0n) is 13.3. The zero-order valence-corrected chi connectivity index (χ0v) is 13.3. The van der Waals surface area contributed by atoms with E-state index in [1.54, 1.807) is 24.3 Å². The molecule has 0 aliphatic rings. The Kier molecular flexibility index (Phi) is 6.12. The molecular weight excluding hydrogens is 347 g/mol. The summed E-state index contributed by atoms with van der Waals surface area (Å²) in [5.41, 5.74) is 2.67. The largest absolute Gasteiger partial charge is 0.477 e. The number of hydrogen-bond acceptors (Lipinski definition) is 6. The van der Waals surface area contributed by atoms with Crippen molar-refractivity contribution in [2.24, 2.45) is 5.10 Å². The molecule has 2 rings (SSSR count). The molecule has 2 aromatic rings. The van der Waals surface area contributed by atoms with Gasteiger partial charge in [0.15, 0.2) is 0 Å². The van der Waals surface area contributed by atoms with Crippen molar-refractivity contribution in [1.29, 1.82) is 10.5 Å². The van der Waals surface area contributed by atoms with E-state index in [0.29, 0.717) is 23.6 Å². The molecule has 1 heterocycles. The van der Waals surface area contributed by atoms with Crippen molar-refractivity contribution < 1.29 is 17.9 Å². The summed E-state index contributed by atoms with van der Waals surface area (Å²) < 4.78 is 42.9. The molecule has 0 aliphatic heterocycles. The second-order valence-corrected chi connectivity index (χ2v) is 4.97. The quantitative estimate of drug-likeness (QED) is 0.629. The predicted molar refractivity (Wildman–Crippen MR) is 87.2 cm³/mol. The van der Waals surface area contributed by atoms with E-state index in [1.807, 2.05) is 0 Å². The van der Waals surface area contributed by atoms with Crippen molar-refractivity contribution >= 4 is 11.4 Å². The number of nitrogens with one attached hydrogen (secondary N) is 1. The van der Waals surface area contributed by atoms with E-state index in [2.05, 4.69) is 15.5 Å². The third kappa shape index (κ3) is 5.49. The van der Waals surface area contributed by atoms with Gasteiger partial charge in [0, 0.05) is 12.5 Å². The molecule has 0 fully saturated rings. The molecule has 6 nitrogen and oxygen atoms in total. The molecule has 0 spiro atoms. The first kappa shape index (κ1) is 18.7. The van der Waals surface area contributed by atoms with E-state index in [9.17, 15) is 13.2 Å². The fourth-order valence-electron chi connectivity index (χ4n) is 1.86. The second kappa shape index (κ2) is 8.49. The lowest BCUT2D eigenvalue weighted by Crippen LogP contribution is -2.06. The topological polar surface area (TPSA) is 94.1 Å². The lowest BCUT2D eigenvalue weighted by Gasteiger charge is -2.08. The van der Waals surface area contributed by atoms with Crippen LogP contribution in [0.4, 0.5) is 18.9 Å². The van der Waals surface area contributed by atoms with Crippen LogP contribution in [0.3, 0.4) is 0 Å². The van der Waals surface area contributed by atoms with Gasteiger partial charge in [0.05, 0.1) is 24.1 Å². The van der Waals surface area contributed by atoms with Crippen LogP contribution in [0.2, 0.25) is 0 Å². The Balaban J connectivity index is 1.84. The van der Waals surface area contributed by atoms with Crippen molar-refractivity contribution in [3.05, 3.63) is 53.7 Å². The first-order valence-corrected chi connectivity index (χ1v) is 7.31. The lowest BCUT2D eigenvalue weighted by molar-refractivity contribution is -0.137. The number of halogens is 3. The number of nitriles is 2. The standard InChI is InChI=1S/C17H12F3N5O/c18-17(19,20)13-3-1-12(2-4-13)7-8-26-16-6-5-14(11-23-16)24-25-15(9-21)10-22/h1-6,11,24H,7-8H2. The average molecular weight is 359 g/mol. The Bertz CT molecular complexity index is 830. The minimum Gasteiger partial charge on any atom is -0.477 e. The van der Waals surface area contributed by atoms with Crippen LogP contribution in [0.15, 0.2) is 47.7 Å². The predicted octanol–water partition coefficient (Wildman–Crippen LogP) is 3.54. The van der Waals surface area contributed by atoms with Gasteiger partial charge in [-0.2, -0.15) is 28.8 Å². The number of alkyl halides is 3. The van der Waals surface area contributed by atoms with E-state index in [0.717, 1.165) is 12.1 Å². The summed E-state index contributed by atoms with van der Waals surface area (Å²) in [6.45, 7) is 0.246. The first-order valence-electron chi connectivity index (χ1n) is 7.31. The van der Waals surface area contributed by atoms with Gasteiger partial charge in [0.25, 0.3) is 0 Å². The molecule has 0 radical (unpaired) electrons. The fourth-order valence-corrected chi connectivity index (χ4v) is 1.86. The summed E-state index contributed by atoms with van der Waals surface area (Å²) >= 11 is 0. The van der Waals surface area contributed by atoms with Crippen molar-refractivity contribution in [3.8, 4) is 18.0 Å². The van der Waals surface area contributed by atoms with Crippen LogP contribution in [0, 0.1) is 22.7 Å². The third-order valence-electron chi connectivity index (χ3n) is 3.17. The summed E-state index contributed by atoms with van der Waals surface area (Å²) in [5.74, 6) is 0.326. The fraction of sp³-hybridized carbons (Fsp3) is 0.176. The maximum Gasteiger partial charge on any atom is 0.416 e. The number of hydrogen-bond donors (Lipinski definition) is 1. The molecule has 132 valence electrons. The Morgan fingerprint density at radius 3 is 2.35 bits per heavy atom. The minimum atomic E-state index is -4.35. The molecule has 1 N–H and O–H groups in total. The first-order chi connectivity index (χ1) is 12.4. The van der Waals surface area contributed by atoms with E-state index >= 15 is 0 Å². The van der Waals surface area contributed by atoms with Gasteiger partial charge in [0.2, 0.25) is 11.6 Å². The van der Waals surface area contributed by atoms with Crippen LogP contribution >= 0.6 is 0 Å². The van der Waals surface area contributed by atoms with Crippen molar-refractivity contribution in [2.75, 3.05) is 12.0 Å². The van der Waals surface area contributed by atoms with Gasteiger partial charge in [-0.1, -0.05) is 12.1 Å². The number of benzene rings is 1. The van der Waals surface area contributed by atoms with Crippen molar-refractivity contribution in [2.45, 2.75) is 12.6 Å². The molecule has 0 amide bonds. The van der Waals surface area contributed by atoms with Crippen LogP contribution in [0.25, 0.3) is 0 Å². The maximum atomic E-state index is 12.5. The Morgan fingerprint density at radius 1 is 1.12 bits per heavy atom. The molecule has 0 saturated heterocycles.